The summed E-state index contributed by atoms with van der Waals surface area (Å²) in [5, 5.41) is 3.28. The Hall–Kier alpha value is -0.650. The average molecular weight is 263 g/mol. The van der Waals surface area contributed by atoms with E-state index in [9.17, 15) is 0 Å². The molecule has 1 aromatic heterocycles. The number of ether oxygens (including phenoxy) is 1. The molecule has 0 radical (unpaired) electrons. The van der Waals surface area contributed by atoms with Gasteiger partial charge in [-0.15, -0.1) is 0 Å². The van der Waals surface area contributed by atoms with Gasteiger partial charge in [0.15, 0.2) is 0 Å². The number of nitrogens with zero attached hydrogens (tertiary/aromatic N) is 3. The Bertz CT molecular complexity index is 350. The van der Waals surface area contributed by atoms with Crippen LogP contribution in [0.5, 0.6) is 0 Å². The summed E-state index contributed by atoms with van der Waals surface area (Å²) in [5.41, 5.74) is 0. The molecule has 1 aromatic rings. The van der Waals surface area contributed by atoms with Gasteiger partial charge >= 0.3 is 0 Å². The third kappa shape index (κ3) is 2.93. The lowest BCUT2D eigenvalue weighted by Gasteiger charge is -2.19. The van der Waals surface area contributed by atoms with Crippen molar-refractivity contribution in [2.24, 2.45) is 0 Å². The minimum atomic E-state index is 0.0852. The van der Waals surface area contributed by atoms with Crippen LogP contribution in [0.25, 0.3) is 0 Å². The molecule has 0 saturated carbocycles. The zero-order valence-corrected chi connectivity index (χ0v) is 10.3. The highest BCUT2D eigenvalue weighted by Gasteiger charge is 2.23. The number of aromatic nitrogens is 3. The highest BCUT2D eigenvalue weighted by molar-refractivity contribution is 6.31. The molecule has 0 amide bonds. The molecular weight excluding hydrogens is 251 g/mol. The lowest BCUT2D eigenvalue weighted by Crippen LogP contribution is -2.30. The fourth-order valence-electron chi connectivity index (χ4n) is 1.68. The molecule has 16 heavy (non-hydrogen) atoms. The van der Waals surface area contributed by atoms with Crippen molar-refractivity contribution in [3.05, 3.63) is 10.6 Å². The molecule has 2 rings (SSSR count). The van der Waals surface area contributed by atoms with E-state index >= 15 is 0 Å². The minimum Gasteiger partial charge on any atom is -0.376 e. The van der Waals surface area contributed by atoms with Crippen molar-refractivity contribution in [3.63, 3.8) is 0 Å². The second-order valence-electron chi connectivity index (χ2n) is 3.68. The number of hydrogen-bond acceptors (Lipinski definition) is 5. The zero-order valence-electron chi connectivity index (χ0n) is 8.78. The van der Waals surface area contributed by atoms with Crippen molar-refractivity contribution in [2.45, 2.75) is 31.9 Å². The summed E-state index contributed by atoms with van der Waals surface area (Å²) < 4.78 is 5.55. The van der Waals surface area contributed by atoms with Crippen LogP contribution >= 0.6 is 23.2 Å². The molecule has 2 atom stereocenters. The van der Waals surface area contributed by atoms with E-state index in [-0.39, 0.29) is 22.7 Å². The molecule has 2 heterocycles. The van der Waals surface area contributed by atoms with Crippen LogP contribution in [0.2, 0.25) is 10.6 Å². The highest BCUT2D eigenvalue weighted by atomic mass is 35.5. The Morgan fingerprint density at radius 1 is 1.31 bits per heavy atom. The largest absolute Gasteiger partial charge is 0.376 e. The predicted molar refractivity (Wildman–Crippen MR) is 61.9 cm³/mol. The number of anilines is 1. The number of hydrogen-bond donors (Lipinski definition) is 1. The molecule has 0 spiro atoms. The van der Waals surface area contributed by atoms with E-state index in [1.807, 2.05) is 6.92 Å². The van der Waals surface area contributed by atoms with E-state index in [1.165, 1.54) is 0 Å². The maximum atomic E-state index is 5.68. The van der Waals surface area contributed by atoms with Gasteiger partial charge in [-0.3, -0.25) is 0 Å². The molecule has 0 aromatic carbocycles. The van der Waals surface area contributed by atoms with Crippen molar-refractivity contribution in [3.8, 4) is 0 Å². The first-order valence-electron chi connectivity index (χ1n) is 5.10. The molecule has 1 fully saturated rings. The lowest BCUT2D eigenvalue weighted by atomic mass is 10.1. The topological polar surface area (TPSA) is 59.9 Å². The molecule has 1 N–H and O–H groups in total. The fraction of sp³-hybridized carbons (Fsp3) is 0.667. The lowest BCUT2D eigenvalue weighted by molar-refractivity contribution is 0.0994. The van der Waals surface area contributed by atoms with E-state index in [2.05, 4.69) is 20.3 Å². The number of nitrogens with one attached hydrogen (secondary N) is 1. The van der Waals surface area contributed by atoms with Gasteiger partial charge in [-0.2, -0.15) is 15.0 Å². The minimum absolute atomic E-state index is 0.0852. The summed E-state index contributed by atoms with van der Waals surface area (Å²) in [4.78, 5) is 11.6. The van der Waals surface area contributed by atoms with Crippen LogP contribution in [0.3, 0.4) is 0 Å². The molecule has 1 aliphatic rings. The van der Waals surface area contributed by atoms with E-state index < -0.39 is 0 Å². The second kappa shape index (κ2) is 5.12. The Balaban J connectivity index is 2.02. The van der Waals surface area contributed by atoms with Crippen LogP contribution in [0, 0.1) is 0 Å². The Labute approximate surface area is 104 Å². The van der Waals surface area contributed by atoms with Crippen LogP contribution < -0.4 is 5.32 Å². The molecule has 7 heteroatoms. The van der Waals surface area contributed by atoms with Gasteiger partial charge in [0.25, 0.3) is 0 Å². The van der Waals surface area contributed by atoms with Crippen LogP contribution in [-0.4, -0.2) is 33.7 Å². The first kappa shape index (κ1) is 11.8. The van der Waals surface area contributed by atoms with Gasteiger partial charge < -0.3 is 10.1 Å². The van der Waals surface area contributed by atoms with E-state index in [1.54, 1.807) is 0 Å². The van der Waals surface area contributed by atoms with Gasteiger partial charge in [0.1, 0.15) is 0 Å². The van der Waals surface area contributed by atoms with Gasteiger partial charge in [-0.05, 0) is 43.0 Å². The van der Waals surface area contributed by atoms with E-state index in [0.29, 0.717) is 5.95 Å². The normalized spacial score (nSPS) is 22.1. The molecule has 5 nitrogen and oxygen atoms in total. The standard InChI is InChI=1S/C9H12Cl2N4O/c1-5(6-3-2-4-16-6)12-9-14-7(10)13-8(11)15-9/h5-6H,2-4H2,1H3,(H,12,13,14,15). The second-order valence-corrected chi connectivity index (χ2v) is 4.36. The van der Waals surface area contributed by atoms with Gasteiger partial charge in [-0.1, -0.05) is 0 Å². The summed E-state index contributed by atoms with van der Waals surface area (Å²) in [5.74, 6) is 0.382. The highest BCUT2D eigenvalue weighted by Crippen LogP contribution is 2.18. The summed E-state index contributed by atoms with van der Waals surface area (Å²) in [6, 6.07) is 0.122. The van der Waals surface area contributed by atoms with Crippen molar-refractivity contribution < 1.29 is 4.74 Å². The summed E-state index contributed by atoms with van der Waals surface area (Å²) in [7, 11) is 0. The maximum absolute atomic E-state index is 5.68. The monoisotopic (exact) mass is 262 g/mol. The number of halogens is 2. The van der Waals surface area contributed by atoms with Gasteiger partial charge in [-0.25, -0.2) is 0 Å². The van der Waals surface area contributed by atoms with Crippen molar-refractivity contribution in [2.75, 3.05) is 11.9 Å². The van der Waals surface area contributed by atoms with Crippen LogP contribution in [-0.2, 0) is 4.74 Å². The Morgan fingerprint density at radius 2 is 2.00 bits per heavy atom. The quantitative estimate of drug-likeness (QED) is 0.905. The zero-order chi connectivity index (χ0) is 11.5. The van der Waals surface area contributed by atoms with E-state index in [4.69, 9.17) is 27.9 Å². The SMILES string of the molecule is CC(Nc1nc(Cl)nc(Cl)n1)C1CCCO1. The van der Waals surface area contributed by atoms with Crippen molar-refractivity contribution >= 4 is 29.2 Å². The first-order chi connectivity index (χ1) is 7.65. The summed E-state index contributed by atoms with van der Waals surface area (Å²) in [6.07, 6.45) is 2.32. The average Bonchev–Trinajstić information content (AvgIpc) is 2.68. The van der Waals surface area contributed by atoms with Crippen molar-refractivity contribution in [1.82, 2.24) is 15.0 Å². The molecule has 1 aliphatic heterocycles. The Kier molecular flexibility index (Phi) is 3.78. The molecule has 2 unspecified atom stereocenters. The van der Waals surface area contributed by atoms with Crippen molar-refractivity contribution in [1.29, 1.82) is 0 Å². The van der Waals surface area contributed by atoms with Crippen LogP contribution in [0.1, 0.15) is 19.8 Å². The Morgan fingerprint density at radius 3 is 2.56 bits per heavy atom. The third-order valence-corrected chi connectivity index (χ3v) is 2.80. The first-order valence-corrected chi connectivity index (χ1v) is 5.86. The molecular formula is C9H12Cl2N4O. The number of rotatable bonds is 3. The molecule has 0 bridgehead atoms. The third-order valence-electron chi connectivity index (χ3n) is 2.46. The molecule has 0 aliphatic carbocycles. The van der Waals surface area contributed by atoms with Crippen LogP contribution in [0.4, 0.5) is 5.95 Å². The maximum Gasteiger partial charge on any atom is 0.228 e. The summed E-state index contributed by atoms with van der Waals surface area (Å²) in [6.45, 7) is 2.83. The summed E-state index contributed by atoms with van der Waals surface area (Å²) >= 11 is 11.4. The predicted octanol–water partition coefficient (Wildman–Crippen LogP) is 2.16. The van der Waals surface area contributed by atoms with Crippen LogP contribution in [0.15, 0.2) is 0 Å². The van der Waals surface area contributed by atoms with Gasteiger partial charge in [0.2, 0.25) is 16.5 Å². The molecule has 88 valence electrons. The molecule has 1 saturated heterocycles. The van der Waals surface area contributed by atoms with Gasteiger partial charge in [0, 0.05) is 6.61 Å². The van der Waals surface area contributed by atoms with E-state index in [0.717, 1.165) is 19.4 Å². The van der Waals surface area contributed by atoms with Gasteiger partial charge in [0.05, 0.1) is 12.1 Å². The smallest absolute Gasteiger partial charge is 0.228 e. The fourth-order valence-corrected chi connectivity index (χ4v) is 2.05.